The van der Waals surface area contributed by atoms with Crippen LogP contribution in [0.15, 0.2) is 48.8 Å². The van der Waals surface area contributed by atoms with Gasteiger partial charge in [-0.1, -0.05) is 18.2 Å². The first-order valence-electron chi connectivity index (χ1n) is 8.84. The Morgan fingerprint density at radius 1 is 1.04 bits per heavy atom. The number of hydrogen-bond donors (Lipinski definition) is 1. The van der Waals surface area contributed by atoms with Crippen LogP contribution >= 0.6 is 0 Å². The summed E-state index contributed by atoms with van der Waals surface area (Å²) in [6, 6.07) is 11.9. The molecule has 0 aliphatic carbocycles. The zero-order chi connectivity index (χ0) is 16.6. The van der Waals surface area contributed by atoms with Crippen LogP contribution in [-0.2, 0) is 4.79 Å². The van der Waals surface area contributed by atoms with Crippen LogP contribution in [-0.4, -0.2) is 35.4 Å². The van der Waals surface area contributed by atoms with Crippen LogP contribution in [0, 0.1) is 0 Å². The third kappa shape index (κ3) is 4.90. The van der Waals surface area contributed by atoms with Gasteiger partial charge in [-0.2, -0.15) is 0 Å². The fourth-order valence-corrected chi connectivity index (χ4v) is 3.13. The number of benzene rings is 1. The number of amides is 1. The normalized spacial score (nSPS) is 14.7. The maximum Gasteiger partial charge on any atom is 0.224 e. The molecular formula is C20H25N3O. The van der Waals surface area contributed by atoms with Crippen molar-refractivity contribution in [2.75, 3.05) is 25.0 Å². The summed E-state index contributed by atoms with van der Waals surface area (Å²) < 4.78 is 0. The molecule has 1 N–H and O–H groups in total. The van der Waals surface area contributed by atoms with Gasteiger partial charge in [0.05, 0.1) is 0 Å². The molecule has 126 valence electrons. The number of likely N-dealkylation sites (tertiary alicyclic amines) is 1. The van der Waals surface area contributed by atoms with E-state index < -0.39 is 0 Å². The van der Waals surface area contributed by atoms with Crippen molar-refractivity contribution in [3.8, 4) is 11.1 Å². The van der Waals surface area contributed by atoms with Crippen LogP contribution < -0.4 is 5.32 Å². The Kier molecular flexibility index (Phi) is 5.96. The highest BCUT2D eigenvalue weighted by Crippen LogP contribution is 2.20. The summed E-state index contributed by atoms with van der Waals surface area (Å²) in [7, 11) is 0. The fraction of sp³-hybridized carbons (Fsp3) is 0.400. The maximum absolute atomic E-state index is 12.0. The summed E-state index contributed by atoms with van der Waals surface area (Å²) in [5, 5.41) is 2.98. The van der Waals surface area contributed by atoms with E-state index in [1.807, 2.05) is 42.6 Å². The first-order valence-corrected chi connectivity index (χ1v) is 8.84. The largest absolute Gasteiger partial charge is 0.326 e. The Hall–Kier alpha value is -2.20. The average molecular weight is 323 g/mol. The first kappa shape index (κ1) is 16.7. The monoisotopic (exact) mass is 323 g/mol. The Morgan fingerprint density at radius 3 is 2.54 bits per heavy atom. The summed E-state index contributed by atoms with van der Waals surface area (Å²) in [6.07, 6.45) is 8.92. The summed E-state index contributed by atoms with van der Waals surface area (Å²) in [6.45, 7) is 3.60. The molecule has 4 nitrogen and oxygen atoms in total. The van der Waals surface area contributed by atoms with E-state index in [0.717, 1.165) is 36.2 Å². The highest BCUT2D eigenvalue weighted by molar-refractivity contribution is 5.90. The summed E-state index contributed by atoms with van der Waals surface area (Å²) >= 11 is 0. The van der Waals surface area contributed by atoms with Gasteiger partial charge in [-0.25, -0.2) is 0 Å². The quantitative estimate of drug-likeness (QED) is 0.785. The zero-order valence-electron chi connectivity index (χ0n) is 14.1. The summed E-state index contributed by atoms with van der Waals surface area (Å²) in [5.74, 6) is 0.102. The predicted octanol–water partition coefficient (Wildman–Crippen LogP) is 3.95. The number of rotatable bonds is 7. The molecule has 0 bridgehead atoms. The second-order valence-electron chi connectivity index (χ2n) is 6.37. The highest BCUT2D eigenvalue weighted by atomic mass is 16.1. The van der Waals surface area contributed by atoms with E-state index in [2.05, 4.69) is 15.2 Å². The van der Waals surface area contributed by atoms with Gasteiger partial charge in [0.1, 0.15) is 0 Å². The minimum atomic E-state index is 0.102. The van der Waals surface area contributed by atoms with Crippen molar-refractivity contribution in [2.24, 2.45) is 0 Å². The molecule has 1 aromatic carbocycles. The predicted molar refractivity (Wildman–Crippen MR) is 97.8 cm³/mol. The second kappa shape index (κ2) is 8.60. The van der Waals surface area contributed by atoms with Crippen LogP contribution in [0.1, 0.15) is 32.1 Å². The standard InChI is InChI=1S/C20H25N3O/c24-20(7-1-2-13-23-14-3-4-15-23)22-19-10-8-17(9-11-19)18-6-5-12-21-16-18/h5-6,8-12,16H,1-4,7,13-15H2,(H,22,24). The van der Waals surface area contributed by atoms with Gasteiger partial charge in [0.15, 0.2) is 0 Å². The molecule has 2 aromatic rings. The van der Waals surface area contributed by atoms with Crippen molar-refractivity contribution in [3.05, 3.63) is 48.8 Å². The maximum atomic E-state index is 12.0. The van der Waals surface area contributed by atoms with E-state index in [4.69, 9.17) is 0 Å². The Labute approximate surface area is 143 Å². The van der Waals surface area contributed by atoms with Gasteiger partial charge in [0.2, 0.25) is 5.91 Å². The van der Waals surface area contributed by atoms with Crippen LogP contribution in [0.3, 0.4) is 0 Å². The third-order valence-electron chi connectivity index (χ3n) is 4.49. The number of pyridine rings is 1. The Balaban J connectivity index is 1.41. The second-order valence-corrected chi connectivity index (χ2v) is 6.37. The number of nitrogens with zero attached hydrogens (tertiary/aromatic N) is 2. The number of unbranched alkanes of at least 4 members (excludes halogenated alkanes) is 1. The average Bonchev–Trinajstić information content (AvgIpc) is 3.14. The van der Waals surface area contributed by atoms with E-state index in [1.165, 1.54) is 25.9 Å². The molecule has 2 heterocycles. The van der Waals surface area contributed by atoms with Crippen LogP contribution in [0.25, 0.3) is 11.1 Å². The van der Waals surface area contributed by atoms with Gasteiger partial charge >= 0.3 is 0 Å². The minimum absolute atomic E-state index is 0.102. The highest BCUT2D eigenvalue weighted by Gasteiger charge is 2.10. The summed E-state index contributed by atoms with van der Waals surface area (Å²) in [4.78, 5) is 18.7. The van der Waals surface area contributed by atoms with E-state index >= 15 is 0 Å². The van der Waals surface area contributed by atoms with Gasteiger partial charge in [-0.3, -0.25) is 9.78 Å². The molecule has 24 heavy (non-hydrogen) atoms. The fourth-order valence-electron chi connectivity index (χ4n) is 3.13. The lowest BCUT2D eigenvalue weighted by Gasteiger charge is -2.13. The third-order valence-corrected chi connectivity index (χ3v) is 4.49. The Bertz CT molecular complexity index is 634. The lowest BCUT2D eigenvalue weighted by atomic mass is 10.1. The molecule has 0 saturated carbocycles. The SMILES string of the molecule is O=C(CCCCN1CCCC1)Nc1ccc(-c2cccnc2)cc1. The van der Waals surface area contributed by atoms with Crippen molar-refractivity contribution in [1.29, 1.82) is 0 Å². The van der Waals surface area contributed by atoms with E-state index in [-0.39, 0.29) is 5.91 Å². The lowest BCUT2D eigenvalue weighted by Crippen LogP contribution is -2.20. The molecule has 1 amide bonds. The van der Waals surface area contributed by atoms with Gasteiger partial charge in [0.25, 0.3) is 0 Å². The number of aromatic nitrogens is 1. The van der Waals surface area contributed by atoms with Crippen LogP contribution in [0.4, 0.5) is 5.69 Å². The van der Waals surface area contributed by atoms with Gasteiger partial charge in [0, 0.05) is 24.5 Å². The number of carbonyl (C=O) groups is 1. The molecule has 0 unspecified atom stereocenters. The van der Waals surface area contributed by atoms with Crippen LogP contribution in [0.2, 0.25) is 0 Å². The van der Waals surface area contributed by atoms with E-state index in [9.17, 15) is 4.79 Å². The molecule has 3 rings (SSSR count). The van der Waals surface area contributed by atoms with Gasteiger partial charge in [-0.15, -0.1) is 0 Å². The van der Waals surface area contributed by atoms with Crippen molar-refractivity contribution < 1.29 is 4.79 Å². The van der Waals surface area contributed by atoms with Crippen molar-refractivity contribution in [1.82, 2.24) is 9.88 Å². The smallest absolute Gasteiger partial charge is 0.224 e. The van der Waals surface area contributed by atoms with Crippen molar-refractivity contribution in [3.63, 3.8) is 0 Å². The molecule has 1 saturated heterocycles. The Morgan fingerprint density at radius 2 is 1.83 bits per heavy atom. The molecule has 1 fully saturated rings. The van der Waals surface area contributed by atoms with Crippen LogP contribution in [0.5, 0.6) is 0 Å². The molecule has 1 aliphatic rings. The topological polar surface area (TPSA) is 45.2 Å². The number of nitrogens with one attached hydrogen (secondary N) is 1. The molecule has 1 aliphatic heterocycles. The summed E-state index contributed by atoms with van der Waals surface area (Å²) in [5.41, 5.74) is 3.04. The van der Waals surface area contributed by atoms with Gasteiger partial charge in [-0.05, 0) is 74.6 Å². The zero-order valence-corrected chi connectivity index (χ0v) is 14.1. The number of carbonyl (C=O) groups excluding carboxylic acids is 1. The first-order chi connectivity index (χ1) is 11.8. The molecule has 0 atom stereocenters. The molecule has 1 aromatic heterocycles. The number of hydrogen-bond acceptors (Lipinski definition) is 3. The minimum Gasteiger partial charge on any atom is -0.326 e. The van der Waals surface area contributed by atoms with E-state index in [0.29, 0.717) is 6.42 Å². The molecule has 0 spiro atoms. The molecule has 0 radical (unpaired) electrons. The van der Waals surface area contributed by atoms with Gasteiger partial charge < -0.3 is 10.2 Å². The molecular weight excluding hydrogens is 298 g/mol. The number of anilines is 1. The molecule has 4 heteroatoms. The lowest BCUT2D eigenvalue weighted by molar-refractivity contribution is -0.116. The van der Waals surface area contributed by atoms with Crippen molar-refractivity contribution in [2.45, 2.75) is 32.1 Å². The van der Waals surface area contributed by atoms with Crippen molar-refractivity contribution >= 4 is 11.6 Å². The van der Waals surface area contributed by atoms with E-state index in [1.54, 1.807) is 6.20 Å².